The second-order valence-electron chi connectivity index (χ2n) is 4.89. The van der Waals surface area contributed by atoms with Gasteiger partial charge in [0.1, 0.15) is 0 Å². The summed E-state index contributed by atoms with van der Waals surface area (Å²) in [6, 6.07) is 5.09. The molecule has 1 atom stereocenters. The van der Waals surface area contributed by atoms with Crippen molar-refractivity contribution in [1.29, 1.82) is 0 Å². The first-order chi connectivity index (χ1) is 10.2. The Labute approximate surface area is 123 Å². The molecule has 0 aliphatic carbocycles. The van der Waals surface area contributed by atoms with Crippen molar-refractivity contribution in [1.82, 2.24) is 5.32 Å². The predicted octanol–water partition coefficient (Wildman–Crippen LogP) is 1.78. The zero-order valence-corrected chi connectivity index (χ0v) is 12.1. The van der Waals surface area contributed by atoms with Crippen LogP contribution in [0.15, 0.2) is 18.2 Å². The van der Waals surface area contributed by atoms with Crippen LogP contribution in [0.4, 0.5) is 11.4 Å². The topological polar surface area (TPSA) is 85.7 Å². The molecule has 0 spiro atoms. The fraction of sp³-hybridized carbons (Fsp3) is 0.571. The summed E-state index contributed by atoms with van der Waals surface area (Å²) in [5, 5.41) is 17.6. The highest BCUT2D eigenvalue weighted by atomic mass is 16.6. The Hall–Kier alpha value is -1.86. The summed E-state index contributed by atoms with van der Waals surface area (Å²) >= 11 is 0. The van der Waals surface area contributed by atoms with Crippen molar-refractivity contribution in [3.05, 3.63) is 28.3 Å². The van der Waals surface area contributed by atoms with Crippen LogP contribution in [0.2, 0.25) is 0 Å². The van der Waals surface area contributed by atoms with Crippen molar-refractivity contribution in [3.8, 4) is 5.75 Å². The normalized spacial score (nSPS) is 18.2. The number of nitro benzene ring substituents is 1. The molecule has 1 saturated heterocycles. The summed E-state index contributed by atoms with van der Waals surface area (Å²) in [7, 11) is 0. The number of nitrogens with one attached hydrogen (secondary N) is 2. The summed E-state index contributed by atoms with van der Waals surface area (Å²) in [5.74, 6) is 0.305. The maximum absolute atomic E-state index is 11.0. The third-order valence-electron chi connectivity index (χ3n) is 3.17. The largest absolute Gasteiger partial charge is 0.487 e. The number of benzene rings is 1. The van der Waals surface area contributed by atoms with Crippen molar-refractivity contribution < 1.29 is 14.4 Å². The smallest absolute Gasteiger partial charge is 0.311 e. The second kappa shape index (κ2) is 7.80. The van der Waals surface area contributed by atoms with Crippen LogP contribution in [0.25, 0.3) is 0 Å². The van der Waals surface area contributed by atoms with Crippen LogP contribution in [-0.4, -0.2) is 43.9 Å². The number of hydrogen-bond donors (Lipinski definition) is 2. The molecule has 1 aliphatic rings. The quantitative estimate of drug-likeness (QED) is 0.589. The molecular weight excluding hydrogens is 274 g/mol. The maximum atomic E-state index is 11.0. The molecule has 2 rings (SSSR count). The van der Waals surface area contributed by atoms with Gasteiger partial charge in [-0.05, 0) is 12.5 Å². The van der Waals surface area contributed by atoms with Crippen LogP contribution < -0.4 is 15.4 Å². The number of nitrogens with zero attached hydrogens (tertiary/aromatic N) is 1. The molecule has 1 heterocycles. The molecule has 0 radical (unpaired) electrons. The van der Waals surface area contributed by atoms with Crippen molar-refractivity contribution in [2.24, 2.45) is 0 Å². The molecular formula is C14H21N3O4. The van der Waals surface area contributed by atoms with Crippen LogP contribution in [0, 0.1) is 10.1 Å². The number of rotatable bonds is 7. The highest BCUT2D eigenvalue weighted by Gasteiger charge is 2.17. The molecule has 2 N–H and O–H groups in total. The van der Waals surface area contributed by atoms with Gasteiger partial charge in [-0.1, -0.05) is 6.92 Å². The Kier molecular flexibility index (Phi) is 5.77. The van der Waals surface area contributed by atoms with E-state index in [4.69, 9.17) is 9.47 Å². The van der Waals surface area contributed by atoms with Crippen molar-refractivity contribution in [2.45, 2.75) is 19.4 Å². The van der Waals surface area contributed by atoms with E-state index < -0.39 is 4.92 Å². The minimum absolute atomic E-state index is 0.00637. The molecule has 1 aromatic carbocycles. The molecule has 1 unspecified atom stereocenters. The van der Waals surface area contributed by atoms with Crippen molar-refractivity contribution >= 4 is 11.4 Å². The van der Waals surface area contributed by atoms with E-state index in [1.54, 1.807) is 12.1 Å². The van der Waals surface area contributed by atoms with E-state index in [2.05, 4.69) is 10.6 Å². The second-order valence-corrected chi connectivity index (χ2v) is 4.89. The summed E-state index contributed by atoms with van der Waals surface area (Å²) in [6.45, 7) is 5.37. The van der Waals surface area contributed by atoms with E-state index >= 15 is 0 Å². The van der Waals surface area contributed by atoms with Crippen LogP contribution in [0.3, 0.4) is 0 Å². The fourth-order valence-electron chi connectivity index (χ4n) is 2.09. The van der Waals surface area contributed by atoms with Crippen LogP contribution >= 0.6 is 0 Å². The molecule has 1 aliphatic heterocycles. The van der Waals surface area contributed by atoms with Crippen LogP contribution in [0.5, 0.6) is 5.75 Å². The van der Waals surface area contributed by atoms with Gasteiger partial charge in [0.25, 0.3) is 0 Å². The first kappa shape index (κ1) is 15.5. The highest BCUT2D eigenvalue weighted by molar-refractivity contribution is 5.58. The molecule has 0 bridgehead atoms. The Morgan fingerprint density at radius 3 is 3.10 bits per heavy atom. The Morgan fingerprint density at radius 2 is 2.43 bits per heavy atom. The van der Waals surface area contributed by atoms with Gasteiger partial charge in [0, 0.05) is 37.0 Å². The van der Waals surface area contributed by atoms with Gasteiger partial charge >= 0.3 is 5.69 Å². The molecule has 7 heteroatoms. The van der Waals surface area contributed by atoms with Gasteiger partial charge in [-0.3, -0.25) is 10.1 Å². The lowest BCUT2D eigenvalue weighted by atomic mass is 10.2. The molecule has 7 nitrogen and oxygen atoms in total. The summed E-state index contributed by atoms with van der Waals surface area (Å²) in [4.78, 5) is 10.6. The number of hydrogen-bond acceptors (Lipinski definition) is 6. The minimum atomic E-state index is -0.425. The van der Waals surface area contributed by atoms with E-state index in [0.29, 0.717) is 25.5 Å². The van der Waals surface area contributed by atoms with Crippen LogP contribution in [-0.2, 0) is 4.74 Å². The fourth-order valence-corrected chi connectivity index (χ4v) is 2.09. The lowest BCUT2D eigenvalue weighted by molar-refractivity contribution is -0.385. The maximum Gasteiger partial charge on any atom is 0.311 e. The van der Waals surface area contributed by atoms with Gasteiger partial charge in [-0.2, -0.15) is 0 Å². The Bertz CT molecular complexity index is 475. The molecule has 0 amide bonds. The lowest BCUT2D eigenvalue weighted by Crippen LogP contribution is -2.45. The number of morpholine rings is 1. The minimum Gasteiger partial charge on any atom is -0.487 e. The van der Waals surface area contributed by atoms with Gasteiger partial charge in [-0.15, -0.1) is 0 Å². The molecule has 0 saturated carbocycles. The number of nitro groups is 1. The summed E-state index contributed by atoms with van der Waals surface area (Å²) in [5.41, 5.74) is 0.798. The number of anilines is 1. The van der Waals surface area contributed by atoms with Crippen molar-refractivity contribution in [3.63, 3.8) is 0 Å². The average molecular weight is 295 g/mol. The zero-order chi connectivity index (χ0) is 15.1. The third kappa shape index (κ3) is 4.57. The van der Waals surface area contributed by atoms with Crippen LogP contribution in [0.1, 0.15) is 13.3 Å². The average Bonchev–Trinajstić information content (AvgIpc) is 2.51. The molecule has 21 heavy (non-hydrogen) atoms. The van der Waals surface area contributed by atoms with E-state index in [1.807, 2.05) is 6.92 Å². The predicted molar refractivity (Wildman–Crippen MR) is 80.0 cm³/mol. The van der Waals surface area contributed by atoms with Gasteiger partial charge in [-0.25, -0.2) is 0 Å². The summed E-state index contributed by atoms with van der Waals surface area (Å²) in [6.07, 6.45) is 0.804. The Balaban J connectivity index is 2.00. The third-order valence-corrected chi connectivity index (χ3v) is 3.17. The first-order valence-corrected chi connectivity index (χ1v) is 7.17. The van der Waals surface area contributed by atoms with Crippen molar-refractivity contribution in [2.75, 3.05) is 38.2 Å². The lowest BCUT2D eigenvalue weighted by Gasteiger charge is -2.24. The van der Waals surface area contributed by atoms with Gasteiger partial charge in [0.05, 0.1) is 24.7 Å². The summed E-state index contributed by atoms with van der Waals surface area (Å²) < 4.78 is 10.8. The van der Waals surface area contributed by atoms with E-state index in [1.165, 1.54) is 6.07 Å². The number of ether oxygens (including phenoxy) is 2. The van der Waals surface area contributed by atoms with Gasteiger partial charge in [0.15, 0.2) is 5.75 Å². The first-order valence-electron chi connectivity index (χ1n) is 7.17. The van der Waals surface area contributed by atoms with E-state index in [9.17, 15) is 10.1 Å². The standard InChI is InChI=1S/C14H21N3O4/c1-2-6-21-14-8-11(3-4-13(14)17(18)19)16-9-12-10-20-7-5-15-12/h3-4,8,12,15-16H,2,5-7,9-10H2,1H3. The van der Waals surface area contributed by atoms with E-state index in [-0.39, 0.29) is 11.7 Å². The highest BCUT2D eigenvalue weighted by Crippen LogP contribution is 2.30. The molecule has 1 fully saturated rings. The zero-order valence-electron chi connectivity index (χ0n) is 12.1. The van der Waals surface area contributed by atoms with Gasteiger partial charge in [0.2, 0.25) is 0 Å². The monoisotopic (exact) mass is 295 g/mol. The SMILES string of the molecule is CCCOc1cc(NCC2COCCN2)ccc1[N+](=O)[O-]. The molecule has 116 valence electrons. The van der Waals surface area contributed by atoms with E-state index in [0.717, 1.165) is 25.3 Å². The molecule has 0 aromatic heterocycles. The van der Waals surface area contributed by atoms with Gasteiger partial charge < -0.3 is 20.1 Å². The molecule has 1 aromatic rings. The Morgan fingerprint density at radius 1 is 1.57 bits per heavy atom.